The quantitative estimate of drug-likeness (QED) is 0.0876. The molecule has 2 aromatic carbocycles. The standard InChI is InChI=1S/C25H29F3N6O3.C19H20F3N5O.C6H11NO3/c26-25(27,28)37-20-3-1-2-19(14-20)21-16-30-23-5-4-22(31-34(21)23)29-15-18-6-8-33(9-7-18)24(35)17-32-10-12-36-13-11-32;20-19(21,22)28-15-3-1-2-14(10-15)16-12-25-18-5-4-17(26-27(16)18)24-11-13-6-8-23-9-7-13;8-6(9)5-7-1-3-10-4-2-7/h1-5,14,16,18H,6-13,15,17H2,(H,29,31);1-5,10,12-13,23H,6-9,11H2,(H,24,26);1-5H2,(H,8,9). The van der Waals surface area contributed by atoms with Crippen LogP contribution in [-0.2, 0) is 19.1 Å². The van der Waals surface area contributed by atoms with Crippen LogP contribution in [0, 0.1) is 11.8 Å². The Kier molecular flexibility index (Phi) is 18.6. The average molecular weight is 1060 g/mol. The van der Waals surface area contributed by atoms with Crippen LogP contribution >= 0.6 is 0 Å². The van der Waals surface area contributed by atoms with Gasteiger partial charge in [0.15, 0.2) is 11.3 Å². The van der Waals surface area contributed by atoms with Crippen LogP contribution in [0.2, 0.25) is 0 Å². The number of piperidine rings is 2. The second-order valence-electron chi connectivity index (χ2n) is 18.4. The van der Waals surface area contributed by atoms with Crippen molar-refractivity contribution in [3.63, 3.8) is 0 Å². The first-order valence-corrected chi connectivity index (χ1v) is 24.8. The van der Waals surface area contributed by atoms with Crippen molar-refractivity contribution in [2.45, 2.75) is 38.4 Å². The van der Waals surface area contributed by atoms with Crippen LogP contribution in [0.25, 0.3) is 33.8 Å². The number of benzene rings is 2. The number of nitrogens with zero attached hydrogens (tertiary/aromatic N) is 9. The second kappa shape index (κ2) is 25.6. The maximum absolute atomic E-state index is 12.6. The SMILES string of the molecule is FC(F)(F)Oc1cccc(-c2cnc3ccc(NCC4CCNCC4)nn23)c1.O=C(CN1CCOCC1)N1CCC(CNc2ccc3ncc(-c4cccc(OC(F)(F)F)c4)n3n2)CC1.O=C(O)CN1CCOCC1. The van der Waals surface area contributed by atoms with Gasteiger partial charge in [0.05, 0.1) is 63.3 Å². The summed E-state index contributed by atoms with van der Waals surface area (Å²) in [6.07, 6.45) is -2.27. The molecule has 6 aromatic rings. The molecular formula is C50H60F6N12O7. The monoisotopic (exact) mass is 1050 g/mol. The number of hydrogen-bond donors (Lipinski definition) is 4. The third-order valence-corrected chi connectivity index (χ3v) is 12.9. The van der Waals surface area contributed by atoms with E-state index in [0.717, 1.165) is 84.6 Å². The van der Waals surface area contributed by atoms with Crippen molar-refractivity contribution in [1.82, 2.24) is 49.2 Å². The fourth-order valence-electron chi connectivity index (χ4n) is 9.01. The van der Waals surface area contributed by atoms with Crippen LogP contribution in [0.5, 0.6) is 11.5 Å². The van der Waals surface area contributed by atoms with E-state index in [2.05, 4.69) is 50.5 Å². The molecule has 404 valence electrons. The van der Waals surface area contributed by atoms with Gasteiger partial charge >= 0.3 is 18.7 Å². The van der Waals surface area contributed by atoms with E-state index in [9.17, 15) is 35.9 Å². The molecule has 19 nitrogen and oxygen atoms in total. The molecule has 0 aliphatic carbocycles. The van der Waals surface area contributed by atoms with E-state index < -0.39 is 18.7 Å². The van der Waals surface area contributed by atoms with Gasteiger partial charge in [0, 0.05) is 63.5 Å². The number of rotatable bonds is 14. The lowest BCUT2D eigenvalue weighted by atomic mass is 9.96. The molecule has 4 aliphatic heterocycles. The lowest BCUT2D eigenvalue weighted by Crippen LogP contribution is -2.47. The van der Waals surface area contributed by atoms with E-state index in [0.29, 0.717) is 96.8 Å². The highest BCUT2D eigenvalue weighted by molar-refractivity contribution is 5.78. The van der Waals surface area contributed by atoms with E-state index in [1.165, 1.54) is 36.4 Å². The molecule has 4 N–H and O–H groups in total. The van der Waals surface area contributed by atoms with Crippen molar-refractivity contribution in [2.24, 2.45) is 11.8 Å². The number of carbonyl (C=O) groups excluding carboxylic acids is 1. The van der Waals surface area contributed by atoms with Crippen molar-refractivity contribution in [1.29, 1.82) is 0 Å². The third kappa shape index (κ3) is 16.6. The van der Waals surface area contributed by atoms with Crippen LogP contribution in [0.4, 0.5) is 38.0 Å². The predicted octanol–water partition coefficient (Wildman–Crippen LogP) is 6.39. The molecule has 0 bridgehead atoms. The normalized spacial score (nSPS) is 17.4. The molecule has 4 aromatic heterocycles. The summed E-state index contributed by atoms with van der Waals surface area (Å²) in [6.45, 7) is 11.4. The van der Waals surface area contributed by atoms with Crippen LogP contribution in [0.15, 0.2) is 85.2 Å². The van der Waals surface area contributed by atoms with Gasteiger partial charge in [0.2, 0.25) is 5.91 Å². The summed E-state index contributed by atoms with van der Waals surface area (Å²) < 4.78 is 97.1. The molecule has 4 fully saturated rings. The zero-order chi connectivity index (χ0) is 52.8. The fraction of sp³-hybridized carbons (Fsp3) is 0.480. The van der Waals surface area contributed by atoms with Crippen LogP contribution in [0.1, 0.15) is 25.7 Å². The maximum Gasteiger partial charge on any atom is 0.573 e. The highest BCUT2D eigenvalue weighted by Gasteiger charge is 2.32. The van der Waals surface area contributed by atoms with E-state index in [-0.39, 0.29) is 24.0 Å². The molecule has 0 spiro atoms. The minimum Gasteiger partial charge on any atom is -0.480 e. The summed E-state index contributed by atoms with van der Waals surface area (Å²) in [6, 6.07) is 18.9. The molecule has 4 saturated heterocycles. The minimum absolute atomic E-state index is 0.142. The second-order valence-corrected chi connectivity index (χ2v) is 18.4. The zero-order valence-electron chi connectivity index (χ0n) is 41.1. The predicted molar refractivity (Wildman–Crippen MR) is 264 cm³/mol. The van der Waals surface area contributed by atoms with E-state index in [4.69, 9.17) is 14.6 Å². The van der Waals surface area contributed by atoms with E-state index in [1.807, 2.05) is 34.1 Å². The number of alkyl halides is 6. The topological polar surface area (TPSA) is 197 Å². The summed E-state index contributed by atoms with van der Waals surface area (Å²) in [5.74, 6) is 1.18. The first kappa shape index (κ1) is 54.5. The van der Waals surface area contributed by atoms with Crippen LogP contribution in [-0.4, -0.2) is 179 Å². The number of fused-ring (bicyclic) bond motifs is 2. The van der Waals surface area contributed by atoms with Crippen molar-refractivity contribution in [3.05, 3.63) is 85.2 Å². The van der Waals surface area contributed by atoms with Gasteiger partial charge in [-0.05, 0) is 99.1 Å². The number of likely N-dealkylation sites (tertiary alicyclic amines) is 1. The summed E-state index contributed by atoms with van der Waals surface area (Å²) in [7, 11) is 0. The lowest BCUT2D eigenvalue weighted by Gasteiger charge is -2.34. The molecule has 1 amide bonds. The number of aliphatic carboxylic acids is 1. The Morgan fingerprint density at radius 3 is 1.53 bits per heavy atom. The largest absolute Gasteiger partial charge is 0.573 e. The molecule has 25 heteroatoms. The molecule has 4 aliphatic rings. The lowest BCUT2D eigenvalue weighted by molar-refractivity contribution is -0.275. The third-order valence-electron chi connectivity index (χ3n) is 12.9. The van der Waals surface area contributed by atoms with Crippen LogP contribution in [0.3, 0.4) is 0 Å². The Morgan fingerprint density at radius 1 is 0.627 bits per heavy atom. The Labute approximate surface area is 428 Å². The average Bonchev–Trinajstić information content (AvgIpc) is 4.03. The first-order chi connectivity index (χ1) is 36.1. The number of halogens is 6. The minimum atomic E-state index is -4.76. The van der Waals surface area contributed by atoms with Crippen molar-refractivity contribution < 1.29 is 60.0 Å². The van der Waals surface area contributed by atoms with Gasteiger partial charge in [0.25, 0.3) is 0 Å². The Bertz CT molecular complexity index is 2790. The van der Waals surface area contributed by atoms with Crippen molar-refractivity contribution >= 4 is 34.8 Å². The maximum atomic E-state index is 12.6. The number of hydrogen-bond acceptors (Lipinski definition) is 15. The Morgan fingerprint density at radius 2 is 1.08 bits per heavy atom. The molecule has 0 radical (unpaired) electrons. The molecular weight excluding hydrogens is 995 g/mol. The number of aromatic nitrogens is 6. The summed E-state index contributed by atoms with van der Waals surface area (Å²) in [4.78, 5) is 37.4. The number of carboxylic acids is 1. The van der Waals surface area contributed by atoms with Gasteiger partial charge in [-0.2, -0.15) is 0 Å². The van der Waals surface area contributed by atoms with Gasteiger partial charge in [-0.15, -0.1) is 36.5 Å². The smallest absolute Gasteiger partial charge is 0.480 e. The Hall–Kier alpha value is -6.80. The number of amides is 1. The fourth-order valence-corrected chi connectivity index (χ4v) is 9.01. The molecule has 10 rings (SSSR count). The van der Waals surface area contributed by atoms with Gasteiger partial charge in [0.1, 0.15) is 23.1 Å². The molecule has 0 unspecified atom stereocenters. The van der Waals surface area contributed by atoms with Gasteiger partial charge in [-0.1, -0.05) is 24.3 Å². The molecule has 0 atom stereocenters. The van der Waals surface area contributed by atoms with Gasteiger partial charge in [-0.25, -0.2) is 19.0 Å². The van der Waals surface area contributed by atoms with Crippen LogP contribution < -0.4 is 25.4 Å². The first-order valence-electron chi connectivity index (χ1n) is 24.8. The highest BCUT2D eigenvalue weighted by Crippen LogP contribution is 2.31. The Balaban J connectivity index is 0.000000172. The number of carbonyl (C=O) groups is 2. The number of ether oxygens (including phenoxy) is 4. The highest BCUT2D eigenvalue weighted by atomic mass is 19.4. The van der Waals surface area contributed by atoms with Crippen molar-refractivity contribution in [2.75, 3.05) is 116 Å². The summed E-state index contributed by atoms with van der Waals surface area (Å²) in [5.41, 5.74) is 3.39. The number of imidazole rings is 2. The number of nitrogens with one attached hydrogen (secondary N) is 3. The van der Waals surface area contributed by atoms with E-state index >= 15 is 0 Å². The summed E-state index contributed by atoms with van der Waals surface area (Å²) in [5, 5.41) is 27.6. The number of carboxylic acid groups (broad SMARTS) is 1. The van der Waals surface area contributed by atoms with Gasteiger partial charge < -0.3 is 44.9 Å². The van der Waals surface area contributed by atoms with E-state index in [1.54, 1.807) is 33.6 Å². The molecule has 8 heterocycles. The van der Waals surface area contributed by atoms with Crippen molar-refractivity contribution in [3.8, 4) is 34.0 Å². The molecule has 0 saturated carbocycles. The number of morpholine rings is 2. The zero-order valence-corrected chi connectivity index (χ0v) is 41.1. The number of anilines is 2. The summed E-state index contributed by atoms with van der Waals surface area (Å²) >= 11 is 0. The van der Waals surface area contributed by atoms with Gasteiger partial charge in [-0.3, -0.25) is 19.4 Å². The molecule has 75 heavy (non-hydrogen) atoms.